The minimum Gasteiger partial charge on any atom is -0.455 e. The third-order valence-electron chi connectivity index (χ3n) is 4.15. The number of hydrogen-bond acceptors (Lipinski definition) is 6. The topological polar surface area (TPSA) is 140 Å². The van der Waals surface area contributed by atoms with Crippen LogP contribution in [0, 0.1) is 10.1 Å². The molecule has 0 atom stereocenters. The molecular formula is C21H20N4O6S. The molecular weight excluding hydrogens is 436 g/mol. The zero-order valence-corrected chi connectivity index (χ0v) is 17.5. The minimum absolute atomic E-state index is 0.0122. The van der Waals surface area contributed by atoms with Gasteiger partial charge in [0.2, 0.25) is 10.0 Å². The van der Waals surface area contributed by atoms with E-state index in [0.717, 1.165) is 6.07 Å². The fraction of sp³-hybridized carbons (Fsp3) is 0.0952. The van der Waals surface area contributed by atoms with Gasteiger partial charge in [-0.2, -0.15) is 0 Å². The minimum atomic E-state index is -3.96. The number of sulfonamides is 1. The summed E-state index contributed by atoms with van der Waals surface area (Å²) >= 11 is 0. The molecule has 0 saturated carbocycles. The van der Waals surface area contributed by atoms with Gasteiger partial charge in [0.1, 0.15) is 5.75 Å². The number of non-ortho nitro benzene ring substituents is 1. The van der Waals surface area contributed by atoms with E-state index in [4.69, 9.17) is 4.74 Å². The molecule has 3 aromatic carbocycles. The van der Waals surface area contributed by atoms with Crippen molar-refractivity contribution in [3.8, 4) is 11.5 Å². The van der Waals surface area contributed by atoms with Crippen LogP contribution in [0.5, 0.6) is 11.5 Å². The van der Waals surface area contributed by atoms with Gasteiger partial charge in [0.05, 0.1) is 15.5 Å². The molecule has 3 aromatic rings. The number of amides is 2. The summed E-state index contributed by atoms with van der Waals surface area (Å²) in [5.74, 6) is 1.05. The number of nitro groups is 1. The standard InChI is InChI=1S/C21H20N4O6S/c26-21(24-19-11-4-5-12-20(19)31-17-8-2-1-3-9-17)22-13-14-23-32(29,30)18-10-6-7-16(15-18)25(27)28/h1-12,15,23H,13-14H2,(H2,22,24,26). The monoisotopic (exact) mass is 456 g/mol. The average molecular weight is 456 g/mol. The van der Waals surface area contributed by atoms with Gasteiger partial charge in [0.15, 0.2) is 5.75 Å². The number of para-hydroxylation sites is 3. The van der Waals surface area contributed by atoms with Crippen LogP contribution in [-0.4, -0.2) is 32.5 Å². The lowest BCUT2D eigenvalue weighted by atomic mass is 10.3. The van der Waals surface area contributed by atoms with Crippen LogP contribution < -0.4 is 20.1 Å². The first kappa shape index (κ1) is 22.7. The van der Waals surface area contributed by atoms with Crippen LogP contribution >= 0.6 is 0 Å². The molecule has 2 amide bonds. The number of urea groups is 1. The Hall–Kier alpha value is -3.96. The third-order valence-corrected chi connectivity index (χ3v) is 5.61. The normalized spacial score (nSPS) is 10.9. The van der Waals surface area contributed by atoms with Crippen LogP contribution in [0.1, 0.15) is 0 Å². The highest BCUT2D eigenvalue weighted by molar-refractivity contribution is 7.89. The van der Waals surface area contributed by atoms with Crippen LogP contribution in [0.15, 0.2) is 83.8 Å². The molecule has 0 aliphatic heterocycles. The highest BCUT2D eigenvalue weighted by Gasteiger charge is 2.17. The molecule has 0 aliphatic carbocycles. The molecule has 11 heteroatoms. The van der Waals surface area contributed by atoms with E-state index in [2.05, 4.69) is 15.4 Å². The fourth-order valence-electron chi connectivity index (χ4n) is 2.65. The number of nitro benzene ring substituents is 1. The second kappa shape index (κ2) is 10.4. The summed E-state index contributed by atoms with van der Waals surface area (Å²) in [6.07, 6.45) is 0. The first-order valence-corrected chi connectivity index (χ1v) is 10.9. The van der Waals surface area contributed by atoms with Gasteiger partial charge < -0.3 is 15.4 Å². The SMILES string of the molecule is O=C(NCCNS(=O)(=O)c1cccc([N+](=O)[O-])c1)Nc1ccccc1Oc1ccccc1. The molecule has 0 unspecified atom stereocenters. The largest absolute Gasteiger partial charge is 0.455 e. The first-order valence-electron chi connectivity index (χ1n) is 9.46. The molecule has 0 fully saturated rings. The average Bonchev–Trinajstić information content (AvgIpc) is 2.79. The highest BCUT2D eigenvalue weighted by atomic mass is 32.2. The van der Waals surface area contributed by atoms with E-state index in [-0.39, 0.29) is 23.7 Å². The predicted octanol–water partition coefficient (Wildman–Crippen LogP) is 3.49. The summed E-state index contributed by atoms with van der Waals surface area (Å²) in [5.41, 5.74) is 0.104. The maximum absolute atomic E-state index is 12.3. The molecule has 3 rings (SSSR count). The van der Waals surface area contributed by atoms with Crippen molar-refractivity contribution in [1.82, 2.24) is 10.0 Å². The molecule has 0 heterocycles. The maximum atomic E-state index is 12.3. The Morgan fingerprint density at radius 2 is 1.66 bits per heavy atom. The van der Waals surface area contributed by atoms with Crippen molar-refractivity contribution in [1.29, 1.82) is 0 Å². The molecule has 0 aliphatic rings. The Labute approximate surface area is 184 Å². The van der Waals surface area contributed by atoms with Gasteiger partial charge in [-0.1, -0.05) is 36.4 Å². The smallest absolute Gasteiger partial charge is 0.319 e. The number of rotatable bonds is 9. The molecule has 0 bridgehead atoms. The summed E-state index contributed by atoms with van der Waals surface area (Å²) < 4.78 is 32.6. The van der Waals surface area contributed by atoms with Crippen LogP contribution in [0.25, 0.3) is 0 Å². The van der Waals surface area contributed by atoms with Gasteiger partial charge in [-0.15, -0.1) is 0 Å². The predicted molar refractivity (Wildman–Crippen MR) is 118 cm³/mol. The second-order valence-electron chi connectivity index (χ2n) is 6.44. The van der Waals surface area contributed by atoms with Gasteiger partial charge >= 0.3 is 6.03 Å². The Balaban J connectivity index is 1.52. The highest BCUT2D eigenvalue weighted by Crippen LogP contribution is 2.28. The molecule has 0 radical (unpaired) electrons. The van der Waals surface area contributed by atoms with Gasteiger partial charge in [0.25, 0.3) is 5.69 Å². The molecule has 10 nitrogen and oxygen atoms in total. The van der Waals surface area contributed by atoms with Crippen molar-refractivity contribution < 1.29 is 22.9 Å². The maximum Gasteiger partial charge on any atom is 0.319 e. The Morgan fingerprint density at radius 1 is 0.938 bits per heavy atom. The lowest BCUT2D eigenvalue weighted by Gasteiger charge is -2.13. The van der Waals surface area contributed by atoms with E-state index >= 15 is 0 Å². The number of benzene rings is 3. The van der Waals surface area contributed by atoms with Gasteiger partial charge in [-0.3, -0.25) is 10.1 Å². The first-order chi connectivity index (χ1) is 15.3. The third kappa shape index (κ3) is 6.27. The Bertz CT molecular complexity index is 1200. The fourth-order valence-corrected chi connectivity index (χ4v) is 3.72. The molecule has 3 N–H and O–H groups in total. The van der Waals surface area contributed by atoms with Crippen molar-refractivity contribution in [2.75, 3.05) is 18.4 Å². The van der Waals surface area contributed by atoms with Gasteiger partial charge in [-0.05, 0) is 30.3 Å². The Kier molecular flexibility index (Phi) is 7.37. The van der Waals surface area contributed by atoms with Gasteiger partial charge in [-0.25, -0.2) is 17.9 Å². The number of hydrogen-bond donors (Lipinski definition) is 3. The second-order valence-corrected chi connectivity index (χ2v) is 8.21. The number of nitrogens with one attached hydrogen (secondary N) is 3. The van der Waals surface area contributed by atoms with E-state index < -0.39 is 21.0 Å². The number of ether oxygens (including phenoxy) is 1. The molecule has 0 saturated heterocycles. The van der Waals surface area contributed by atoms with Crippen molar-refractivity contribution in [2.45, 2.75) is 4.90 Å². The van der Waals surface area contributed by atoms with Crippen molar-refractivity contribution >= 4 is 27.4 Å². The van der Waals surface area contributed by atoms with Crippen LogP contribution in [-0.2, 0) is 10.0 Å². The van der Waals surface area contributed by atoms with Crippen molar-refractivity contribution in [3.05, 3.63) is 89.0 Å². The quantitative estimate of drug-likeness (QED) is 0.256. The van der Waals surface area contributed by atoms with Crippen molar-refractivity contribution in [2.24, 2.45) is 0 Å². The molecule has 32 heavy (non-hydrogen) atoms. The van der Waals surface area contributed by atoms with Crippen molar-refractivity contribution in [3.63, 3.8) is 0 Å². The van der Waals surface area contributed by atoms with E-state index in [9.17, 15) is 23.3 Å². The summed E-state index contributed by atoms with van der Waals surface area (Å²) in [6.45, 7) is -0.123. The lowest BCUT2D eigenvalue weighted by Crippen LogP contribution is -2.36. The summed E-state index contributed by atoms with van der Waals surface area (Å²) in [4.78, 5) is 22.1. The van der Waals surface area contributed by atoms with Crippen LogP contribution in [0.4, 0.5) is 16.2 Å². The van der Waals surface area contributed by atoms with E-state index in [1.165, 1.54) is 18.2 Å². The van der Waals surface area contributed by atoms with E-state index in [1.54, 1.807) is 36.4 Å². The van der Waals surface area contributed by atoms with E-state index in [1.807, 2.05) is 18.2 Å². The molecule has 0 spiro atoms. The number of carbonyl (C=O) groups excluding carboxylic acids is 1. The Morgan fingerprint density at radius 3 is 2.41 bits per heavy atom. The lowest BCUT2D eigenvalue weighted by molar-refractivity contribution is -0.385. The zero-order chi connectivity index (χ0) is 23.0. The summed E-state index contributed by atoms with van der Waals surface area (Å²) in [7, 11) is -3.96. The summed E-state index contributed by atoms with van der Waals surface area (Å²) in [6, 6.07) is 20.1. The molecule has 166 valence electrons. The van der Waals surface area contributed by atoms with Gasteiger partial charge in [0, 0.05) is 25.2 Å². The van der Waals surface area contributed by atoms with E-state index in [0.29, 0.717) is 17.2 Å². The zero-order valence-electron chi connectivity index (χ0n) is 16.7. The number of nitrogens with zero attached hydrogens (tertiary/aromatic N) is 1. The number of anilines is 1. The van der Waals surface area contributed by atoms with Crippen LogP contribution in [0.3, 0.4) is 0 Å². The van der Waals surface area contributed by atoms with Crippen LogP contribution in [0.2, 0.25) is 0 Å². The number of carbonyl (C=O) groups is 1. The summed E-state index contributed by atoms with van der Waals surface area (Å²) in [5, 5.41) is 16.0. The molecule has 0 aromatic heterocycles.